The van der Waals surface area contributed by atoms with Crippen molar-refractivity contribution in [3.63, 3.8) is 0 Å². The van der Waals surface area contributed by atoms with Crippen LogP contribution in [0.2, 0.25) is 0 Å². The summed E-state index contributed by atoms with van der Waals surface area (Å²) in [6.45, 7) is 0.175. The lowest BCUT2D eigenvalue weighted by molar-refractivity contribution is -0.136. The summed E-state index contributed by atoms with van der Waals surface area (Å²) in [5.74, 6) is 0. The summed E-state index contributed by atoms with van der Waals surface area (Å²) in [5, 5.41) is -0.613. The van der Waals surface area contributed by atoms with Crippen LogP contribution in [-0.4, -0.2) is 27.8 Å². The second kappa shape index (κ2) is 5.56. The Bertz CT molecular complexity index is 837. The molecule has 0 aliphatic rings. The molecule has 0 atom stereocenters. The van der Waals surface area contributed by atoms with Gasteiger partial charge >= 0.3 is 11.9 Å². The van der Waals surface area contributed by atoms with E-state index in [1.54, 1.807) is 0 Å². The zero-order chi connectivity index (χ0) is 16.7. The van der Waals surface area contributed by atoms with E-state index in [9.17, 15) is 22.8 Å². The highest BCUT2D eigenvalue weighted by Gasteiger charge is 2.35. The van der Waals surface area contributed by atoms with Crippen LogP contribution in [0.3, 0.4) is 0 Å². The molecule has 0 bridgehead atoms. The van der Waals surface area contributed by atoms with E-state index >= 15 is 0 Å². The lowest BCUT2D eigenvalue weighted by Gasteiger charge is -2.14. The minimum absolute atomic E-state index is 0.102. The van der Waals surface area contributed by atoms with Gasteiger partial charge in [0.1, 0.15) is 5.65 Å². The topological polar surface area (TPSA) is 66.1 Å². The number of alkyl halides is 3. The average molecular weight is 317 g/mol. The lowest BCUT2D eigenvalue weighted by Crippen LogP contribution is -2.38. The normalized spacial score (nSPS) is 12.1. The first kappa shape index (κ1) is 16.2. The molecule has 2 rings (SSSR count). The smallest absolute Gasteiger partial charge is 0.384 e. The first-order valence-corrected chi connectivity index (χ1v) is 6.34. The first-order chi connectivity index (χ1) is 10.2. The third-order valence-corrected chi connectivity index (χ3v) is 3.33. The largest absolute Gasteiger partial charge is 0.417 e. The number of ether oxygens (including phenoxy) is 1. The minimum Gasteiger partial charge on any atom is -0.384 e. The summed E-state index contributed by atoms with van der Waals surface area (Å²) < 4.78 is 46.2. The van der Waals surface area contributed by atoms with Gasteiger partial charge in [0.05, 0.1) is 17.6 Å². The van der Waals surface area contributed by atoms with Gasteiger partial charge in [0, 0.05) is 33.3 Å². The van der Waals surface area contributed by atoms with Crippen LogP contribution in [0.1, 0.15) is 11.3 Å². The molecule has 6 nitrogen and oxygen atoms in total. The summed E-state index contributed by atoms with van der Waals surface area (Å²) in [6.07, 6.45) is -4.59. The first-order valence-electron chi connectivity index (χ1n) is 6.34. The van der Waals surface area contributed by atoms with Crippen molar-refractivity contribution in [3.8, 4) is 0 Å². The number of fused-ring (bicyclic) bond motifs is 1. The third kappa shape index (κ3) is 2.63. The van der Waals surface area contributed by atoms with Gasteiger partial charge in [-0.05, 0) is 6.07 Å². The Kier molecular flexibility index (Phi) is 4.10. The summed E-state index contributed by atoms with van der Waals surface area (Å²) in [4.78, 5) is 28.0. The number of hydrogen-bond donors (Lipinski definition) is 0. The number of aryl methyl sites for hydroxylation is 1. The highest BCUT2D eigenvalue weighted by Crippen LogP contribution is 2.33. The molecule has 0 fully saturated rings. The number of rotatable bonds is 3. The molecule has 2 heterocycles. The maximum absolute atomic E-state index is 13.3. The van der Waals surface area contributed by atoms with E-state index in [0.717, 1.165) is 17.7 Å². The SMILES string of the molecule is COCCc1cc(C(F)(F)F)c2c(=O)n(C)c(=O)n(C)c2n1. The molecule has 22 heavy (non-hydrogen) atoms. The fourth-order valence-electron chi connectivity index (χ4n) is 2.17. The van der Waals surface area contributed by atoms with Crippen LogP contribution in [0.15, 0.2) is 15.7 Å². The fourth-order valence-corrected chi connectivity index (χ4v) is 2.17. The Morgan fingerprint density at radius 2 is 1.86 bits per heavy atom. The van der Waals surface area contributed by atoms with Crippen LogP contribution < -0.4 is 11.2 Å². The number of methoxy groups -OCH3 is 1. The monoisotopic (exact) mass is 317 g/mol. The number of hydrogen-bond acceptors (Lipinski definition) is 4. The van der Waals surface area contributed by atoms with Crippen molar-refractivity contribution in [2.45, 2.75) is 12.6 Å². The summed E-state index contributed by atoms with van der Waals surface area (Å²) in [5.41, 5.74) is -3.03. The molecule has 0 aliphatic carbocycles. The van der Waals surface area contributed by atoms with E-state index in [0.29, 0.717) is 4.57 Å². The van der Waals surface area contributed by atoms with Crippen LogP contribution in [0.4, 0.5) is 13.2 Å². The maximum Gasteiger partial charge on any atom is 0.417 e. The fraction of sp³-hybridized carbons (Fsp3) is 0.462. The Balaban J connectivity index is 2.95. The van der Waals surface area contributed by atoms with Crippen molar-refractivity contribution in [2.75, 3.05) is 13.7 Å². The lowest BCUT2D eigenvalue weighted by atomic mass is 10.1. The second-order valence-corrected chi connectivity index (χ2v) is 4.81. The molecular formula is C13H14F3N3O3. The Labute approximate surface area is 122 Å². The summed E-state index contributed by atoms with van der Waals surface area (Å²) in [7, 11) is 3.82. The Morgan fingerprint density at radius 1 is 1.23 bits per heavy atom. The van der Waals surface area contributed by atoms with E-state index < -0.39 is 28.4 Å². The molecule has 0 saturated heterocycles. The number of pyridine rings is 1. The summed E-state index contributed by atoms with van der Waals surface area (Å²) >= 11 is 0. The van der Waals surface area contributed by atoms with E-state index in [1.165, 1.54) is 14.2 Å². The third-order valence-electron chi connectivity index (χ3n) is 3.33. The van der Waals surface area contributed by atoms with Crippen molar-refractivity contribution >= 4 is 11.0 Å². The van der Waals surface area contributed by atoms with Crippen LogP contribution in [-0.2, 0) is 31.4 Å². The zero-order valence-electron chi connectivity index (χ0n) is 12.2. The van der Waals surface area contributed by atoms with Crippen molar-refractivity contribution in [2.24, 2.45) is 14.1 Å². The molecule has 0 aromatic carbocycles. The van der Waals surface area contributed by atoms with Gasteiger partial charge < -0.3 is 4.74 Å². The highest BCUT2D eigenvalue weighted by molar-refractivity contribution is 5.79. The van der Waals surface area contributed by atoms with Gasteiger partial charge in [-0.25, -0.2) is 9.78 Å². The molecular weight excluding hydrogens is 303 g/mol. The highest BCUT2D eigenvalue weighted by atomic mass is 19.4. The molecule has 0 unspecified atom stereocenters. The zero-order valence-corrected chi connectivity index (χ0v) is 12.2. The molecule has 0 amide bonds. The van der Waals surface area contributed by atoms with Crippen LogP contribution in [0.5, 0.6) is 0 Å². The molecule has 2 aromatic rings. The van der Waals surface area contributed by atoms with Crippen LogP contribution in [0, 0.1) is 0 Å². The molecule has 9 heteroatoms. The second-order valence-electron chi connectivity index (χ2n) is 4.81. The molecule has 2 aromatic heterocycles. The maximum atomic E-state index is 13.3. The van der Waals surface area contributed by atoms with E-state index in [4.69, 9.17) is 4.74 Å². The number of halogens is 3. The number of nitrogens with zero attached hydrogens (tertiary/aromatic N) is 3. The van der Waals surface area contributed by atoms with Crippen molar-refractivity contribution in [3.05, 3.63) is 38.2 Å². The van der Waals surface area contributed by atoms with Crippen molar-refractivity contribution < 1.29 is 17.9 Å². The summed E-state index contributed by atoms with van der Waals surface area (Å²) in [6, 6.07) is 0.827. The van der Waals surface area contributed by atoms with Gasteiger partial charge in [-0.15, -0.1) is 0 Å². The van der Waals surface area contributed by atoms with Gasteiger partial charge in [-0.3, -0.25) is 13.9 Å². The molecule has 0 aliphatic heterocycles. The quantitative estimate of drug-likeness (QED) is 0.841. The van der Waals surface area contributed by atoms with E-state index in [-0.39, 0.29) is 24.4 Å². The predicted molar refractivity (Wildman–Crippen MR) is 72.8 cm³/mol. The van der Waals surface area contributed by atoms with Gasteiger partial charge in [-0.2, -0.15) is 13.2 Å². The molecule has 0 spiro atoms. The van der Waals surface area contributed by atoms with Crippen molar-refractivity contribution in [1.82, 2.24) is 14.1 Å². The standard InChI is InChI=1S/C13H14F3N3O3/c1-18-10-9(11(20)19(2)12(18)21)8(13(14,15)16)6-7(17-10)4-5-22-3/h6H,4-5H2,1-3H3. The number of aromatic nitrogens is 3. The minimum atomic E-state index is -4.73. The Morgan fingerprint density at radius 3 is 2.41 bits per heavy atom. The van der Waals surface area contributed by atoms with E-state index in [2.05, 4.69) is 4.98 Å². The van der Waals surface area contributed by atoms with Crippen molar-refractivity contribution in [1.29, 1.82) is 0 Å². The average Bonchev–Trinajstić information content (AvgIpc) is 2.46. The van der Waals surface area contributed by atoms with Gasteiger partial charge in [0.15, 0.2) is 0 Å². The molecule has 0 radical (unpaired) electrons. The molecule has 120 valence electrons. The predicted octanol–water partition coefficient (Wildman–Crippen LogP) is 0.840. The van der Waals surface area contributed by atoms with Gasteiger partial charge in [0.2, 0.25) is 0 Å². The van der Waals surface area contributed by atoms with Gasteiger partial charge in [0.25, 0.3) is 5.56 Å². The molecule has 0 N–H and O–H groups in total. The van der Waals surface area contributed by atoms with Gasteiger partial charge in [-0.1, -0.05) is 0 Å². The Hall–Kier alpha value is -2.16. The molecule has 0 saturated carbocycles. The van der Waals surface area contributed by atoms with E-state index in [1.807, 2.05) is 0 Å². The van der Waals surface area contributed by atoms with Crippen LogP contribution in [0.25, 0.3) is 11.0 Å². The van der Waals surface area contributed by atoms with Crippen LogP contribution >= 0.6 is 0 Å².